The monoisotopic (exact) mass is 363 g/mol. The Hall–Kier alpha value is -2.73. The molecule has 4 rings (SSSR count). The molecular weight excluding hydrogens is 338 g/mol. The zero-order valence-electron chi connectivity index (χ0n) is 16.0. The van der Waals surface area contributed by atoms with Crippen LogP contribution in [-0.4, -0.2) is 44.3 Å². The smallest absolute Gasteiger partial charge is 0.228 e. The van der Waals surface area contributed by atoms with Crippen LogP contribution in [-0.2, 0) is 4.79 Å². The summed E-state index contributed by atoms with van der Waals surface area (Å²) in [6.45, 7) is 5.32. The molecule has 140 valence electrons. The second kappa shape index (κ2) is 6.78. The van der Waals surface area contributed by atoms with E-state index >= 15 is 0 Å². The highest BCUT2D eigenvalue weighted by Gasteiger charge is 2.35. The van der Waals surface area contributed by atoms with E-state index in [-0.39, 0.29) is 17.4 Å². The third-order valence-corrected chi connectivity index (χ3v) is 5.68. The lowest BCUT2D eigenvalue weighted by atomic mass is 9.82. The molecule has 6 nitrogen and oxygen atoms in total. The fourth-order valence-electron chi connectivity index (χ4n) is 3.73. The lowest BCUT2D eigenvalue weighted by Gasteiger charge is -2.42. The molecule has 1 aliphatic heterocycles. The predicted octanol–water partition coefficient (Wildman–Crippen LogP) is 3.46. The topological polar surface area (TPSA) is 62.5 Å². The van der Waals surface area contributed by atoms with Crippen molar-refractivity contribution in [2.75, 3.05) is 18.9 Å². The standard InChI is InChI=1S/C21H25N5O/c1-21(2)12-16(8-11-25(21)3)20(27)24-18-14-26-13-17(4-5-19(26)23-18)15-6-9-22-10-7-15/h4-7,9-10,13-14,16H,8,11-12H2,1-3H3,(H,24,27). The van der Waals surface area contributed by atoms with Gasteiger partial charge in [-0.1, -0.05) is 0 Å². The zero-order chi connectivity index (χ0) is 19.0. The van der Waals surface area contributed by atoms with Crippen molar-refractivity contribution in [2.24, 2.45) is 5.92 Å². The third kappa shape index (κ3) is 3.57. The minimum absolute atomic E-state index is 0.0217. The van der Waals surface area contributed by atoms with Gasteiger partial charge < -0.3 is 14.6 Å². The molecule has 27 heavy (non-hydrogen) atoms. The second-order valence-corrected chi connectivity index (χ2v) is 7.96. The second-order valence-electron chi connectivity index (χ2n) is 7.96. The number of rotatable bonds is 3. The third-order valence-electron chi connectivity index (χ3n) is 5.68. The highest BCUT2D eigenvalue weighted by atomic mass is 16.2. The summed E-state index contributed by atoms with van der Waals surface area (Å²) in [5, 5.41) is 3.01. The number of likely N-dealkylation sites (tertiary alicyclic amines) is 1. The molecule has 4 heterocycles. The number of pyridine rings is 2. The minimum atomic E-state index is 0.0217. The van der Waals surface area contributed by atoms with Gasteiger partial charge in [-0.3, -0.25) is 9.78 Å². The maximum absolute atomic E-state index is 12.7. The first kappa shape index (κ1) is 17.7. The van der Waals surface area contributed by atoms with Crippen molar-refractivity contribution < 1.29 is 4.79 Å². The van der Waals surface area contributed by atoms with Gasteiger partial charge in [-0.15, -0.1) is 0 Å². The number of imidazole rings is 1. The number of anilines is 1. The number of carbonyl (C=O) groups excluding carboxylic acids is 1. The summed E-state index contributed by atoms with van der Waals surface area (Å²) in [5.41, 5.74) is 3.03. The average molecular weight is 363 g/mol. The van der Waals surface area contributed by atoms with Gasteiger partial charge in [-0.2, -0.15) is 0 Å². The first-order chi connectivity index (χ1) is 12.9. The number of hydrogen-bond donors (Lipinski definition) is 1. The largest absolute Gasteiger partial charge is 0.309 e. The van der Waals surface area contributed by atoms with Gasteiger partial charge in [-0.05, 0) is 75.7 Å². The van der Waals surface area contributed by atoms with Crippen molar-refractivity contribution >= 4 is 17.4 Å². The summed E-state index contributed by atoms with van der Waals surface area (Å²) in [6, 6.07) is 7.94. The number of piperidine rings is 1. The number of amides is 1. The van der Waals surface area contributed by atoms with Gasteiger partial charge in [0.05, 0.1) is 6.20 Å². The molecule has 1 fully saturated rings. The lowest BCUT2D eigenvalue weighted by Crippen LogP contribution is -2.49. The van der Waals surface area contributed by atoms with E-state index in [2.05, 4.69) is 41.1 Å². The minimum Gasteiger partial charge on any atom is -0.309 e. The number of fused-ring (bicyclic) bond motifs is 1. The normalized spacial score (nSPS) is 19.9. The van der Waals surface area contributed by atoms with Gasteiger partial charge in [0.25, 0.3) is 0 Å². The number of carbonyl (C=O) groups is 1. The fourth-order valence-corrected chi connectivity index (χ4v) is 3.73. The molecule has 1 amide bonds. The van der Waals surface area contributed by atoms with E-state index in [0.717, 1.165) is 36.2 Å². The molecule has 0 bridgehead atoms. The molecule has 3 aromatic rings. The highest BCUT2D eigenvalue weighted by molar-refractivity contribution is 5.92. The van der Waals surface area contributed by atoms with Crippen LogP contribution < -0.4 is 5.32 Å². The highest BCUT2D eigenvalue weighted by Crippen LogP contribution is 2.31. The van der Waals surface area contributed by atoms with Gasteiger partial charge in [0.15, 0.2) is 5.82 Å². The first-order valence-electron chi connectivity index (χ1n) is 9.34. The molecule has 0 spiro atoms. The summed E-state index contributed by atoms with van der Waals surface area (Å²) in [5.74, 6) is 0.686. The molecule has 1 saturated heterocycles. The molecule has 3 aromatic heterocycles. The summed E-state index contributed by atoms with van der Waals surface area (Å²) in [7, 11) is 2.12. The Balaban J connectivity index is 1.52. The SMILES string of the molecule is CN1CCC(C(=O)Nc2cn3cc(-c4ccncc4)ccc3n2)CC1(C)C. The lowest BCUT2D eigenvalue weighted by molar-refractivity contribution is -0.122. The Morgan fingerprint density at radius 3 is 2.67 bits per heavy atom. The van der Waals surface area contributed by atoms with Crippen molar-refractivity contribution in [2.45, 2.75) is 32.2 Å². The van der Waals surface area contributed by atoms with E-state index in [1.807, 2.05) is 41.1 Å². The molecule has 0 saturated carbocycles. The molecule has 0 radical (unpaired) electrons. The molecule has 1 N–H and O–H groups in total. The van der Waals surface area contributed by atoms with Gasteiger partial charge in [0, 0.05) is 30.0 Å². The van der Waals surface area contributed by atoms with Crippen molar-refractivity contribution in [3.8, 4) is 11.1 Å². The Morgan fingerprint density at radius 2 is 1.93 bits per heavy atom. The van der Waals surface area contributed by atoms with E-state index in [1.165, 1.54) is 0 Å². The van der Waals surface area contributed by atoms with E-state index in [9.17, 15) is 4.79 Å². The van der Waals surface area contributed by atoms with Crippen LogP contribution in [0.5, 0.6) is 0 Å². The van der Waals surface area contributed by atoms with Crippen LogP contribution in [0, 0.1) is 5.92 Å². The van der Waals surface area contributed by atoms with Gasteiger partial charge >= 0.3 is 0 Å². The van der Waals surface area contributed by atoms with Crippen molar-refractivity contribution in [1.82, 2.24) is 19.3 Å². The van der Waals surface area contributed by atoms with Crippen LogP contribution in [0.2, 0.25) is 0 Å². The van der Waals surface area contributed by atoms with Gasteiger partial charge in [0.2, 0.25) is 5.91 Å². The summed E-state index contributed by atoms with van der Waals surface area (Å²) in [6.07, 6.45) is 9.19. The quantitative estimate of drug-likeness (QED) is 0.774. The van der Waals surface area contributed by atoms with Crippen LogP contribution in [0.1, 0.15) is 26.7 Å². The Kier molecular flexibility index (Phi) is 4.44. The number of nitrogens with zero attached hydrogens (tertiary/aromatic N) is 4. The molecule has 1 aliphatic rings. The molecule has 1 atom stereocenters. The van der Waals surface area contributed by atoms with Crippen molar-refractivity contribution in [3.63, 3.8) is 0 Å². The predicted molar refractivity (Wildman–Crippen MR) is 106 cm³/mol. The van der Waals surface area contributed by atoms with Gasteiger partial charge in [0.1, 0.15) is 5.65 Å². The van der Waals surface area contributed by atoms with Crippen LogP contribution in [0.3, 0.4) is 0 Å². The zero-order valence-corrected chi connectivity index (χ0v) is 16.0. The Morgan fingerprint density at radius 1 is 1.15 bits per heavy atom. The van der Waals surface area contributed by atoms with Crippen LogP contribution in [0.4, 0.5) is 5.82 Å². The maximum Gasteiger partial charge on any atom is 0.228 e. The van der Waals surface area contributed by atoms with E-state index < -0.39 is 0 Å². The molecule has 0 aliphatic carbocycles. The number of hydrogen-bond acceptors (Lipinski definition) is 4. The summed E-state index contributed by atoms with van der Waals surface area (Å²) in [4.78, 5) is 23.7. The van der Waals surface area contributed by atoms with E-state index in [1.54, 1.807) is 12.4 Å². The maximum atomic E-state index is 12.7. The van der Waals surface area contributed by atoms with Gasteiger partial charge in [-0.25, -0.2) is 4.98 Å². The van der Waals surface area contributed by atoms with Crippen molar-refractivity contribution in [3.05, 3.63) is 49.1 Å². The first-order valence-corrected chi connectivity index (χ1v) is 9.34. The molecule has 6 heteroatoms. The Labute approximate surface area is 159 Å². The number of aromatic nitrogens is 3. The van der Waals surface area contributed by atoms with Crippen molar-refractivity contribution in [1.29, 1.82) is 0 Å². The average Bonchev–Trinajstić information content (AvgIpc) is 3.06. The Bertz CT molecular complexity index is 963. The van der Waals surface area contributed by atoms with E-state index in [0.29, 0.717) is 5.82 Å². The number of nitrogens with one attached hydrogen (secondary N) is 1. The fraction of sp³-hybridized carbons (Fsp3) is 0.381. The van der Waals surface area contributed by atoms with Crippen LogP contribution in [0.25, 0.3) is 16.8 Å². The molecule has 0 aromatic carbocycles. The molecular formula is C21H25N5O. The van der Waals surface area contributed by atoms with E-state index in [4.69, 9.17) is 0 Å². The van der Waals surface area contributed by atoms with Crippen LogP contribution >= 0.6 is 0 Å². The summed E-state index contributed by atoms with van der Waals surface area (Å²) < 4.78 is 1.95. The summed E-state index contributed by atoms with van der Waals surface area (Å²) >= 11 is 0. The molecule has 1 unspecified atom stereocenters. The van der Waals surface area contributed by atoms with Crippen LogP contribution in [0.15, 0.2) is 49.1 Å².